The number of thioether (sulfide) groups is 1. The fraction of sp³-hybridized carbons (Fsp3) is 0.519. The van der Waals surface area contributed by atoms with Crippen LogP contribution < -0.4 is 9.96 Å². The van der Waals surface area contributed by atoms with Gasteiger partial charge in [-0.1, -0.05) is 42.3 Å². The van der Waals surface area contributed by atoms with E-state index in [-0.39, 0.29) is 17.3 Å². The maximum Gasteiger partial charge on any atom is 0.338 e. The minimum atomic E-state index is -0.653. The van der Waals surface area contributed by atoms with Gasteiger partial charge in [0.2, 0.25) is 5.91 Å². The molecule has 0 spiro atoms. The monoisotopic (exact) mass is 512 g/mol. The van der Waals surface area contributed by atoms with Crippen LogP contribution in [0.1, 0.15) is 42.7 Å². The van der Waals surface area contributed by atoms with Gasteiger partial charge in [0.05, 0.1) is 11.4 Å². The molecular formula is C27H38N5O3S+. The molecule has 194 valence electrons. The Hall–Kier alpha value is -2.30. The van der Waals surface area contributed by atoms with Crippen molar-refractivity contribution < 1.29 is 14.8 Å². The van der Waals surface area contributed by atoms with Crippen molar-refractivity contribution >= 4 is 29.8 Å². The molecule has 3 unspecified atom stereocenters. The van der Waals surface area contributed by atoms with Crippen molar-refractivity contribution in [3.63, 3.8) is 0 Å². The summed E-state index contributed by atoms with van der Waals surface area (Å²) in [7, 11) is 0. The van der Waals surface area contributed by atoms with Crippen molar-refractivity contribution in [1.29, 1.82) is 0 Å². The number of aromatic nitrogens is 1. The number of nitrogens with one attached hydrogen (secondary N) is 1. The van der Waals surface area contributed by atoms with Crippen LogP contribution in [-0.2, 0) is 16.0 Å². The van der Waals surface area contributed by atoms with Gasteiger partial charge in [0.25, 0.3) is 0 Å². The number of para-hydroxylation sites is 1. The molecule has 4 rings (SSSR count). The lowest BCUT2D eigenvalue weighted by Crippen LogP contribution is -2.53. The summed E-state index contributed by atoms with van der Waals surface area (Å²) in [5.41, 5.74) is 2.81. The van der Waals surface area contributed by atoms with E-state index >= 15 is 0 Å². The molecule has 9 heteroatoms. The number of hydrogen-bond acceptors (Lipinski definition) is 7. The normalized spacial score (nSPS) is 22.3. The quantitative estimate of drug-likeness (QED) is 0.207. The van der Waals surface area contributed by atoms with Gasteiger partial charge in [-0.2, -0.15) is 0 Å². The van der Waals surface area contributed by atoms with Crippen molar-refractivity contribution in [2.75, 3.05) is 45.0 Å². The molecular weight excluding hydrogens is 474 g/mol. The highest BCUT2D eigenvalue weighted by molar-refractivity contribution is 7.99. The van der Waals surface area contributed by atoms with E-state index < -0.39 is 4.65 Å². The van der Waals surface area contributed by atoms with Crippen LogP contribution in [0.2, 0.25) is 0 Å². The van der Waals surface area contributed by atoms with E-state index in [2.05, 4.69) is 22.1 Å². The fourth-order valence-electron chi connectivity index (χ4n) is 4.97. The first-order valence-corrected chi connectivity index (χ1v) is 14.0. The number of rotatable bonds is 11. The number of hydroxylamine groups is 2. The van der Waals surface area contributed by atoms with E-state index in [4.69, 9.17) is 0 Å². The lowest BCUT2D eigenvalue weighted by atomic mass is 10.1. The minimum absolute atomic E-state index is 0.120. The van der Waals surface area contributed by atoms with Gasteiger partial charge in [0.15, 0.2) is 5.69 Å². The smallest absolute Gasteiger partial charge is 0.338 e. The summed E-state index contributed by atoms with van der Waals surface area (Å²) < 4.78 is -0.653. The van der Waals surface area contributed by atoms with Gasteiger partial charge < -0.3 is 4.90 Å². The van der Waals surface area contributed by atoms with E-state index in [0.717, 1.165) is 75.3 Å². The molecule has 2 fully saturated rings. The number of carbonyl (C=O) groups is 2. The number of quaternary nitrogens is 1. The van der Waals surface area contributed by atoms with Gasteiger partial charge >= 0.3 is 6.41 Å². The average Bonchev–Trinajstić information content (AvgIpc) is 3.43. The average molecular weight is 513 g/mol. The molecule has 3 atom stereocenters. The maximum atomic E-state index is 13.1. The van der Waals surface area contributed by atoms with Gasteiger partial charge in [-0.25, -0.2) is 10.0 Å². The van der Waals surface area contributed by atoms with Gasteiger partial charge in [0.1, 0.15) is 6.54 Å². The van der Waals surface area contributed by atoms with Crippen molar-refractivity contribution in [2.45, 2.75) is 44.0 Å². The Morgan fingerprint density at radius 1 is 1.19 bits per heavy atom. The zero-order chi connectivity index (χ0) is 25.4. The standard InChI is InChI=1S/C27H38N5O3S/c1-2-3-18-32(35,21-33)25-11-5-4-8-22(25)10-7-13-30-14-16-31(17-15-30)27(34)24-20-36-26(29-24)23-9-6-12-28-19-23/h4-6,8-9,11-12,19,21,24,26,29,35H,2-3,7,10,13-18,20H2,1H3/q+1. The Labute approximate surface area is 218 Å². The lowest BCUT2D eigenvalue weighted by Gasteiger charge is -2.36. The predicted octanol–water partition coefficient (Wildman–Crippen LogP) is 3.22. The van der Waals surface area contributed by atoms with Crippen LogP contribution in [0.25, 0.3) is 0 Å². The van der Waals surface area contributed by atoms with Gasteiger partial charge in [0, 0.05) is 62.4 Å². The third-order valence-corrected chi connectivity index (χ3v) is 8.37. The summed E-state index contributed by atoms with van der Waals surface area (Å²) >= 11 is 1.76. The highest BCUT2D eigenvalue weighted by Crippen LogP contribution is 2.33. The second kappa shape index (κ2) is 12.8. The molecule has 0 bridgehead atoms. The van der Waals surface area contributed by atoms with Gasteiger partial charge in [-0.05, 0) is 31.0 Å². The largest absolute Gasteiger partial charge is 0.339 e. The Morgan fingerprint density at radius 2 is 2.00 bits per heavy atom. The first-order valence-electron chi connectivity index (χ1n) is 13.0. The fourth-order valence-corrected chi connectivity index (χ4v) is 6.19. The number of hydrogen-bond donors (Lipinski definition) is 2. The molecule has 36 heavy (non-hydrogen) atoms. The highest BCUT2D eigenvalue weighted by Gasteiger charge is 2.34. The van der Waals surface area contributed by atoms with Crippen LogP contribution in [-0.4, -0.2) is 83.4 Å². The molecule has 2 aromatic rings. The minimum Gasteiger partial charge on any atom is -0.339 e. The van der Waals surface area contributed by atoms with Crippen LogP contribution in [0, 0.1) is 0 Å². The molecule has 2 saturated heterocycles. The SMILES string of the molecule is CCCC[N+](O)(C=O)c1ccccc1CCCN1CCN(C(=O)C2CSC(c3cccnc3)N2)CC1. The molecule has 0 aliphatic carbocycles. The van der Waals surface area contributed by atoms with Crippen LogP contribution in [0.5, 0.6) is 0 Å². The summed E-state index contributed by atoms with van der Waals surface area (Å²) in [5, 5.41) is 14.5. The third-order valence-electron chi connectivity index (χ3n) is 7.11. The van der Waals surface area contributed by atoms with Crippen molar-refractivity contribution in [3.8, 4) is 0 Å². The first-order chi connectivity index (χ1) is 17.5. The van der Waals surface area contributed by atoms with Crippen LogP contribution in [0.15, 0.2) is 48.8 Å². The lowest BCUT2D eigenvalue weighted by molar-refractivity contribution is -0.146. The Bertz CT molecular complexity index is 1000. The zero-order valence-corrected chi connectivity index (χ0v) is 21.9. The van der Waals surface area contributed by atoms with Crippen LogP contribution in [0.3, 0.4) is 0 Å². The Balaban J connectivity index is 1.23. The van der Waals surface area contributed by atoms with Gasteiger partial charge in [-0.3, -0.25) is 20.0 Å². The van der Waals surface area contributed by atoms with E-state index in [1.165, 1.54) is 0 Å². The van der Waals surface area contributed by atoms with Crippen molar-refractivity contribution in [1.82, 2.24) is 24.7 Å². The number of pyridine rings is 1. The molecule has 1 aromatic heterocycles. The number of amides is 2. The zero-order valence-electron chi connectivity index (χ0n) is 21.1. The molecule has 0 saturated carbocycles. The molecule has 2 aliphatic heterocycles. The Kier molecular flexibility index (Phi) is 9.50. The predicted molar refractivity (Wildman–Crippen MR) is 144 cm³/mol. The number of piperazine rings is 1. The Morgan fingerprint density at radius 3 is 2.72 bits per heavy atom. The number of benzene rings is 1. The molecule has 2 aliphatic rings. The van der Waals surface area contributed by atoms with Crippen LogP contribution >= 0.6 is 11.8 Å². The number of carbonyl (C=O) groups excluding carboxylic acids is 2. The molecule has 8 nitrogen and oxygen atoms in total. The van der Waals surface area contributed by atoms with Crippen molar-refractivity contribution in [3.05, 3.63) is 59.9 Å². The summed E-state index contributed by atoms with van der Waals surface area (Å²) in [6, 6.07) is 11.5. The first kappa shape index (κ1) is 26.8. The third kappa shape index (κ3) is 6.52. The topological polar surface area (TPSA) is 85.8 Å². The molecule has 3 heterocycles. The van der Waals surface area contributed by atoms with E-state index in [1.807, 2.05) is 47.5 Å². The summed E-state index contributed by atoms with van der Waals surface area (Å²) in [6.07, 6.45) is 7.71. The molecule has 1 aromatic carbocycles. The van der Waals surface area contributed by atoms with Crippen LogP contribution in [0.4, 0.5) is 5.69 Å². The number of nitrogens with zero attached hydrogens (tertiary/aromatic N) is 4. The second-order valence-corrected chi connectivity index (χ2v) is 10.8. The van der Waals surface area contributed by atoms with Crippen molar-refractivity contribution in [2.24, 2.45) is 0 Å². The molecule has 0 radical (unpaired) electrons. The second-order valence-electron chi connectivity index (χ2n) is 9.63. The number of unbranched alkanes of at least 4 members (excludes halogenated alkanes) is 1. The molecule has 2 amide bonds. The van der Waals surface area contributed by atoms with Gasteiger partial charge in [-0.15, -0.1) is 11.8 Å². The molecule has 2 N–H and O–H groups in total. The van der Waals surface area contributed by atoms with E-state index in [1.54, 1.807) is 18.0 Å². The summed E-state index contributed by atoms with van der Waals surface area (Å²) in [5.74, 6) is 0.975. The highest BCUT2D eigenvalue weighted by atomic mass is 32.2. The number of aryl methyl sites for hydroxylation is 1. The summed E-state index contributed by atoms with van der Waals surface area (Å²) in [4.78, 5) is 33.4. The summed E-state index contributed by atoms with van der Waals surface area (Å²) in [6.45, 7) is 6.59. The van der Waals surface area contributed by atoms with E-state index in [9.17, 15) is 14.8 Å². The maximum absolute atomic E-state index is 13.1. The van der Waals surface area contributed by atoms with E-state index in [0.29, 0.717) is 18.6 Å².